The Bertz CT molecular complexity index is 247. The smallest absolute Gasteiger partial charge is 0.407 e. The zero-order chi connectivity index (χ0) is 12.1. The molecule has 0 fully saturated rings. The summed E-state index contributed by atoms with van der Waals surface area (Å²) in [4.78, 5) is 11.4. The first-order chi connectivity index (χ1) is 6.80. The summed E-state index contributed by atoms with van der Waals surface area (Å²) >= 11 is 0. The van der Waals surface area contributed by atoms with Crippen LogP contribution in [0.3, 0.4) is 0 Å². The molecule has 0 heterocycles. The molecule has 2 atom stereocenters. The van der Waals surface area contributed by atoms with Crippen molar-refractivity contribution in [3.63, 3.8) is 0 Å². The van der Waals surface area contributed by atoms with Crippen LogP contribution in [0.2, 0.25) is 0 Å². The average Bonchev–Trinajstić information content (AvgIpc) is 2.02. The van der Waals surface area contributed by atoms with Gasteiger partial charge in [0.2, 0.25) is 0 Å². The van der Waals surface area contributed by atoms with E-state index in [4.69, 9.17) is 11.2 Å². The lowest BCUT2D eigenvalue weighted by Crippen LogP contribution is -2.40. The third-order valence-corrected chi connectivity index (χ3v) is 2.00. The Labute approximate surface area is 92.6 Å². The van der Waals surface area contributed by atoms with Crippen molar-refractivity contribution in [1.29, 1.82) is 0 Å². The van der Waals surface area contributed by atoms with Gasteiger partial charge in [0.25, 0.3) is 0 Å². The van der Waals surface area contributed by atoms with Crippen molar-refractivity contribution in [2.45, 2.75) is 52.7 Å². The molecule has 0 unspecified atom stereocenters. The summed E-state index contributed by atoms with van der Waals surface area (Å²) in [5.74, 6) is 2.70. The molecule has 86 valence electrons. The zero-order valence-corrected chi connectivity index (χ0v) is 10.3. The normalized spacial score (nSPS) is 14.9. The van der Waals surface area contributed by atoms with Gasteiger partial charge in [0, 0.05) is 12.0 Å². The van der Waals surface area contributed by atoms with E-state index < -0.39 is 11.7 Å². The predicted octanol–water partition coefficient (Wildman–Crippen LogP) is 2.56. The van der Waals surface area contributed by atoms with Crippen LogP contribution in [0.25, 0.3) is 0 Å². The molecule has 3 heteroatoms. The fourth-order valence-corrected chi connectivity index (χ4v) is 1.21. The van der Waals surface area contributed by atoms with E-state index in [0.29, 0.717) is 0 Å². The van der Waals surface area contributed by atoms with Crippen LogP contribution in [0.5, 0.6) is 0 Å². The molecule has 0 bridgehead atoms. The number of ether oxygens (including phenoxy) is 1. The highest BCUT2D eigenvalue weighted by Crippen LogP contribution is 2.10. The Kier molecular flexibility index (Phi) is 5.21. The van der Waals surface area contributed by atoms with E-state index >= 15 is 0 Å². The quantitative estimate of drug-likeness (QED) is 0.729. The van der Waals surface area contributed by atoms with Gasteiger partial charge in [-0.15, -0.1) is 12.3 Å². The maximum Gasteiger partial charge on any atom is 0.407 e. The summed E-state index contributed by atoms with van der Waals surface area (Å²) in [7, 11) is 0. The zero-order valence-electron chi connectivity index (χ0n) is 10.3. The largest absolute Gasteiger partial charge is 0.444 e. The van der Waals surface area contributed by atoms with Crippen LogP contribution >= 0.6 is 0 Å². The summed E-state index contributed by atoms with van der Waals surface area (Å²) < 4.78 is 5.13. The predicted molar refractivity (Wildman–Crippen MR) is 61.4 cm³/mol. The second-order valence-electron chi connectivity index (χ2n) is 4.62. The Morgan fingerprint density at radius 3 is 2.40 bits per heavy atom. The van der Waals surface area contributed by atoms with Crippen molar-refractivity contribution in [1.82, 2.24) is 5.32 Å². The molecule has 0 radical (unpaired) electrons. The highest BCUT2D eigenvalue weighted by atomic mass is 16.6. The second-order valence-corrected chi connectivity index (χ2v) is 4.62. The molecule has 0 aliphatic rings. The Morgan fingerprint density at radius 1 is 1.53 bits per heavy atom. The minimum atomic E-state index is -0.471. The molecule has 0 spiro atoms. The Morgan fingerprint density at radius 2 is 2.07 bits per heavy atom. The lowest BCUT2D eigenvalue weighted by atomic mass is 10.00. The molecule has 1 amide bonds. The standard InChI is InChI=1S/C12H21NO2/c1-7-10(8-2)9(3)13-11(14)15-12(4,5)6/h1,9-10H,8H2,2-6H3,(H,13,14)/t9-,10-/m1/s1. The summed E-state index contributed by atoms with van der Waals surface area (Å²) in [6, 6.07) is -0.0603. The molecule has 1 N–H and O–H groups in total. The molecule has 0 aromatic rings. The molecule has 0 rings (SSSR count). The van der Waals surface area contributed by atoms with Crippen molar-refractivity contribution in [2.75, 3.05) is 0 Å². The summed E-state index contributed by atoms with van der Waals surface area (Å²) in [5.41, 5.74) is -0.471. The van der Waals surface area contributed by atoms with E-state index in [-0.39, 0.29) is 12.0 Å². The molecule has 0 aliphatic carbocycles. The maximum atomic E-state index is 11.4. The van der Waals surface area contributed by atoms with Crippen molar-refractivity contribution >= 4 is 6.09 Å². The van der Waals surface area contributed by atoms with Crippen molar-refractivity contribution in [2.24, 2.45) is 5.92 Å². The maximum absolute atomic E-state index is 11.4. The first-order valence-electron chi connectivity index (χ1n) is 5.25. The number of carbonyl (C=O) groups excluding carboxylic acids is 1. The van der Waals surface area contributed by atoms with E-state index in [1.165, 1.54) is 0 Å². The molecular formula is C12H21NO2. The fraction of sp³-hybridized carbons (Fsp3) is 0.750. The molecule has 0 saturated heterocycles. The number of alkyl carbamates (subject to hydrolysis) is 1. The van der Waals surface area contributed by atoms with Gasteiger partial charge in [-0.2, -0.15) is 0 Å². The Balaban J connectivity index is 4.14. The lowest BCUT2D eigenvalue weighted by molar-refractivity contribution is 0.0498. The third kappa shape index (κ3) is 6.01. The van der Waals surface area contributed by atoms with Crippen LogP contribution in [0.1, 0.15) is 41.0 Å². The molecule has 3 nitrogen and oxygen atoms in total. The number of hydrogen-bond donors (Lipinski definition) is 1. The third-order valence-electron chi connectivity index (χ3n) is 2.00. The highest BCUT2D eigenvalue weighted by molar-refractivity contribution is 5.68. The van der Waals surface area contributed by atoms with E-state index in [2.05, 4.69) is 11.2 Å². The SMILES string of the molecule is C#C[C@H](CC)[C@@H](C)NC(=O)OC(C)(C)C. The van der Waals surface area contributed by atoms with Crippen LogP contribution in [-0.4, -0.2) is 17.7 Å². The van der Waals surface area contributed by atoms with Crippen molar-refractivity contribution in [3.8, 4) is 12.3 Å². The van der Waals surface area contributed by atoms with Crippen molar-refractivity contribution < 1.29 is 9.53 Å². The number of rotatable bonds is 3. The van der Waals surface area contributed by atoms with E-state index in [0.717, 1.165) is 6.42 Å². The Hall–Kier alpha value is -1.17. The van der Waals surface area contributed by atoms with E-state index in [9.17, 15) is 4.79 Å². The monoisotopic (exact) mass is 211 g/mol. The van der Waals surface area contributed by atoms with Gasteiger partial charge < -0.3 is 10.1 Å². The van der Waals surface area contributed by atoms with Gasteiger partial charge in [-0.1, -0.05) is 6.92 Å². The molecule has 15 heavy (non-hydrogen) atoms. The van der Waals surface area contributed by atoms with Gasteiger partial charge in [0.15, 0.2) is 0 Å². The van der Waals surface area contributed by atoms with E-state index in [1.807, 2.05) is 34.6 Å². The van der Waals surface area contributed by atoms with Gasteiger partial charge in [-0.25, -0.2) is 4.79 Å². The molecule has 0 aromatic heterocycles. The van der Waals surface area contributed by atoms with Crippen LogP contribution in [0.15, 0.2) is 0 Å². The summed E-state index contributed by atoms with van der Waals surface area (Å²) in [6.07, 6.45) is 5.77. The van der Waals surface area contributed by atoms with Crippen molar-refractivity contribution in [3.05, 3.63) is 0 Å². The number of carbonyl (C=O) groups is 1. The van der Waals surface area contributed by atoms with Gasteiger partial charge in [0.1, 0.15) is 5.60 Å². The van der Waals surface area contributed by atoms with Gasteiger partial charge in [-0.3, -0.25) is 0 Å². The van der Waals surface area contributed by atoms with Gasteiger partial charge in [-0.05, 0) is 34.1 Å². The van der Waals surface area contributed by atoms with Gasteiger partial charge in [0.05, 0.1) is 0 Å². The number of hydrogen-bond acceptors (Lipinski definition) is 2. The van der Waals surface area contributed by atoms with Crippen LogP contribution in [0.4, 0.5) is 4.79 Å². The van der Waals surface area contributed by atoms with Crippen LogP contribution in [-0.2, 0) is 4.74 Å². The molecular weight excluding hydrogens is 190 g/mol. The van der Waals surface area contributed by atoms with Gasteiger partial charge >= 0.3 is 6.09 Å². The topological polar surface area (TPSA) is 38.3 Å². The average molecular weight is 211 g/mol. The van der Waals surface area contributed by atoms with Crippen LogP contribution < -0.4 is 5.32 Å². The lowest BCUT2D eigenvalue weighted by Gasteiger charge is -2.23. The van der Waals surface area contributed by atoms with E-state index in [1.54, 1.807) is 0 Å². The number of amides is 1. The highest BCUT2D eigenvalue weighted by Gasteiger charge is 2.20. The second kappa shape index (κ2) is 5.65. The number of terminal acetylenes is 1. The number of nitrogens with one attached hydrogen (secondary N) is 1. The first-order valence-corrected chi connectivity index (χ1v) is 5.25. The summed E-state index contributed by atoms with van der Waals surface area (Å²) in [6.45, 7) is 9.37. The molecule has 0 saturated carbocycles. The minimum Gasteiger partial charge on any atom is -0.444 e. The first kappa shape index (κ1) is 13.8. The fourth-order valence-electron chi connectivity index (χ4n) is 1.21. The summed E-state index contributed by atoms with van der Waals surface area (Å²) in [5, 5.41) is 2.73. The molecule has 0 aliphatic heterocycles. The minimum absolute atomic E-state index is 0.0533. The molecule has 0 aromatic carbocycles. The van der Waals surface area contributed by atoms with Crippen LogP contribution in [0, 0.1) is 18.3 Å².